The van der Waals surface area contributed by atoms with E-state index < -0.39 is 29.7 Å². The van der Waals surface area contributed by atoms with Gasteiger partial charge >= 0.3 is 11.7 Å². The van der Waals surface area contributed by atoms with Gasteiger partial charge in [-0.15, -0.1) is 0 Å². The number of aromatic nitrogens is 2. The molecule has 0 atom stereocenters. The van der Waals surface area contributed by atoms with Gasteiger partial charge in [-0.2, -0.15) is 0 Å². The lowest BCUT2D eigenvalue weighted by Gasteiger charge is -2.30. The molecule has 2 heterocycles. The standard InChI is InChI=1S/C19H32N6O4/c1-3-5-9-21-18(28)22-14(26)13-25-17(27)15(23-11-7-6-8-12-23)16(20)24(10-4-2)19(25)29/h3-13,20H2,1-2H3,(H2,21,22,26,28). The number of nitrogens with zero attached hydrogens (tertiary/aromatic N) is 3. The molecule has 0 bridgehead atoms. The van der Waals surface area contributed by atoms with Crippen LogP contribution in [0.15, 0.2) is 9.59 Å². The summed E-state index contributed by atoms with van der Waals surface area (Å²) in [4.78, 5) is 51.8. The van der Waals surface area contributed by atoms with E-state index in [9.17, 15) is 19.2 Å². The summed E-state index contributed by atoms with van der Waals surface area (Å²) in [7, 11) is 0. The molecule has 0 radical (unpaired) electrons. The second-order valence-electron chi connectivity index (χ2n) is 7.26. The number of anilines is 2. The predicted octanol–water partition coefficient (Wildman–Crippen LogP) is 0.618. The fraction of sp³-hybridized carbons (Fsp3) is 0.684. The third kappa shape index (κ3) is 5.61. The van der Waals surface area contributed by atoms with Crippen LogP contribution >= 0.6 is 0 Å². The molecule has 3 amide bonds. The van der Waals surface area contributed by atoms with Crippen molar-refractivity contribution in [1.82, 2.24) is 19.8 Å². The van der Waals surface area contributed by atoms with Gasteiger partial charge in [0, 0.05) is 26.2 Å². The summed E-state index contributed by atoms with van der Waals surface area (Å²) in [5, 5.41) is 4.73. The number of unbranched alkanes of at least 4 members (excludes halogenated alkanes) is 1. The van der Waals surface area contributed by atoms with Gasteiger partial charge in [-0.05, 0) is 32.1 Å². The van der Waals surface area contributed by atoms with Gasteiger partial charge in [0.05, 0.1) is 0 Å². The van der Waals surface area contributed by atoms with Gasteiger partial charge < -0.3 is 16.0 Å². The average Bonchev–Trinajstić information content (AvgIpc) is 2.69. The lowest BCUT2D eigenvalue weighted by atomic mass is 10.1. The minimum atomic E-state index is -0.726. The maximum absolute atomic E-state index is 13.0. The molecule has 1 saturated heterocycles. The number of hydrogen-bond acceptors (Lipinski definition) is 6. The maximum atomic E-state index is 13.0. The number of nitrogen functional groups attached to an aromatic ring is 1. The van der Waals surface area contributed by atoms with Gasteiger partial charge in [0.2, 0.25) is 5.91 Å². The number of nitrogens with two attached hydrogens (primary N) is 1. The molecular weight excluding hydrogens is 376 g/mol. The number of rotatable bonds is 8. The van der Waals surface area contributed by atoms with Crippen LogP contribution in [0.2, 0.25) is 0 Å². The smallest absolute Gasteiger partial charge is 0.333 e. The van der Waals surface area contributed by atoms with Crippen LogP contribution in [0.25, 0.3) is 0 Å². The van der Waals surface area contributed by atoms with Gasteiger partial charge in [-0.3, -0.25) is 19.5 Å². The van der Waals surface area contributed by atoms with Crippen LogP contribution < -0.4 is 32.5 Å². The van der Waals surface area contributed by atoms with E-state index in [0.29, 0.717) is 32.6 Å². The van der Waals surface area contributed by atoms with Crippen molar-refractivity contribution >= 4 is 23.4 Å². The zero-order valence-electron chi connectivity index (χ0n) is 17.3. The molecule has 0 spiro atoms. The number of carbonyl (C=O) groups is 2. The highest BCUT2D eigenvalue weighted by Gasteiger charge is 2.24. The van der Waals surface area contributed by atoms with Gasteiger partial charge in [0.1, 0.15) is 18.1 Å². The van der Waals surface area contributed by atoms with Gasteiger partial charge in [0.15, 0.2) is 0 Å². The van der Waals surface area contributed by atoms with Gasteiger partial charge in [0.25, 0.3) is 5.56 Å². The van der Waals surface area contributed by atoms with E-state index in [0.717, 1.165) is 36.7 Å². The lowest BCUT2D eigenvalue weighted by Crippen LogP contribution is -2.49. The molecule has 1 aliphatic heterocycles. The zero-order valence-corrected chi connectivity index (χ0v) is 17.3. The van der Waals surface area contributed by atoms with E-state index in [4.69, 9.17) is 5.73 Å². The van der Waals surface area contributed by atoms with Gasteiger partial charge in [-0.25, -0.2) is 14.2 Å². The molecule has 1 aliphatic rings. The molecule has 0 saturated carbocycles. The van der Waals surface area contributed by atoms with Crippen LogP contribution in [-0.2, 0) is 17.9 Å². The summed E-state index contributed by atoms with van der Waals surface area (Å²) in [6, 6.07) is -0.642. The number of piperidine rings is 1. The highest BCUT2D eigenvalue weighted by atomic mass is 16.2. The fourth-order valence-electron chi connectivity index (χ4n) is 3.43. The number of imide groups is 1. The summed E-state index contributed by atoms with van der Waals surface area (Å²) in [6.07, 6.45) is 5.29. The topological polar surface area (TPSA) is 131 Å². The third-order valence-electron chi connectivity index (χ3n) is 4.93. The quantitative estimate of drug-likeness (QED) is 0.540. The average molecular weight is 409 g/mol. The number of amides is 3. The molecule has 0 aromatic carbocycles. The summed E-state index contributed by atoms with van der Waals surface area (Å²) in [5.41, 5.74) is 5.22. The SMILES string of the molecule is CCCCNC(=O)NC(=O)Cn1c(=O)c(N2CCCCC2)c(N)n(CCC)c1=O. The van der Waals surface area contributed by atoms with Crippen LogP contribution in [-0.4, -0.2) is 40.7 Å². The second-order valence-corrected chi connectivity index (χ2v) is 7.26. The molecule has 0 unspecified atom stereocenters. The first-order valence-corrected chi connectivity index (χ1v) is 10.4. The Balaban J connectivity index is 2.31. The predicted molar refractivity (Wildman–Crippen MR) is 112 cm³/mol. The Morgan fingerprint density at radius 3 is 2.34 bits per heavy atom. The summed E-state index contributed by atoms with van der Waals surface area (Å²) in [6.45, 7) is 5.48. The first-order valence-electron chi connectivity index (χ1n) is 10.4. The summed E-state index contributed by atoms with van der Waals surface area (Å²) in [5.74, 6) is -0.590. The van der Waals surface area contributed by atoms with Crippen LogP contribution in [0.5, 0.6) is 0 Å². The van der Waals surface area contributed by atoms with Crippen molar-refractivity contribution in [3.63, 3.8) is 0 Å². The minimum Gasteiger partial charge on any atom is -0.383 e. The molecule has 1 aromatic rings. The fourth-order valence-corrected chi connectivity index (χ4v) is 3.43. The molecule has 10 heteroatoms. The molecule has 162 valence electrons. The van der Waals surface area contributed by atoms with Crippen LogP contribution in [0.1, 0.15) is 52.4 Å². The Kier molecular flexibility index (Phi) is 8.29. The molecule has 2 rings (SSSR count). The van der Waals surface area contributed by atoms with E-state index in [-0.39, 0.29) is 11.5 Å². The molecule has 4 N–H and O–H groups in total. The molecule has 1 aromatic heterocycles. The Bertz CT molecular complexity index is 838. The second kappa shape index (κ2) is 10.7. The molecule has 29 heavy (non-hydrogen) atoms. The first kappa shape index (κ1) is 22.5. The van der Waals surface area contributed by atoms with Crippen molar-refractivity contribution in [2.45, 2.75) is 65.5 Å². The van der Waals surface area contributed by atoms with Crippen LogP contribution in [0.4, 0.5) is 16.3 Å². The van der Waals surface area contributed by atoms with Crippen LogP contribution in [0.3, 0.4) is 0 Å². The first-order chi connectivity index (χ1) is 13.9. The Morgan fingerprint density at radius 1 is 1.03 bits per heavy atom. The molecule has 0 aliphatic carbocycles. The summed E-state index contributed by atoms with van der Waals surface area (Å²) >= 11 is 0. The van der Waals surface area contributed by atoms with Crippen molar-refractivity contribution in [2.24, 2.45) is 0 Å². The number of carbonyl (C=O) groups excluding carboxylic acids is 2. The van der Waals surface area contributed by atoms with E-state index in [1.54, 1.807) is 0 Å². The monoisotopic (exact) mass is 408 g/mol. The lowest BCUT2D eigenvalue weighted by molar-refractivity contribution is -0.120. The minimum absolute atomic E-state index is 0.137. The van der Waals surface area contributed by atoms with Crippen molar-refractivity contribution in [3.05, 3.63) is 20.8 Å². The zero-order chi connectivity index (χ0) is 21.4. The number of urea groups is 1. The normalized spacial score (nSPS) is 13.9. The number of hydrogen-bond donors (Lipinski definition) is 3. The molecular formula is C19H32N6O4. The van der Waals surface area contributed by atoms with Crippen LogP contribution in [0, 0.1) is 0 Å². The van der Waals surface area contributed by atoms with Crippen molar-refractivity contribution in [1.29, 1.82) is 0 Å². The van der Waals surface area contributed by atoms with E-state index in [2.05, 4.69) is 10.6 Å². The Hall–Kier alpha value is -2.78. The van der Waals surface area contributed by atoms with E-state index in [1.807, 2.05) is 18.7 Å². The Morgan fingerprint density at radius 2 is 1.72 bits per heavy atom. The largest absolute Gasteiger partial charge is 0.383 e. The van der Waals surface area contributed by atoms with Gasteiger partial charge in [-0.1, -0.05) is 20.3 Å². The van der Waals surface area contributed by atoms with Crippen molar-refractivity contribution in [2.75, 3.05) is 30.3 Å². The van der Waals surface area contributed by atoms with Crippen molar-refractivity contribution in [3.8, 4) is 0 Å². The molecule has 1 fully saturated rings. The maximum Gasteiger partial charge on any atom is 0.333 e. The van der Waals surface area contributed by atoms with E-state index >= 15 is 0 Å². The highest BCUT2D eigenvalue weighted by Crippen LogP contribution is 2.21. The summed E-state index contributed by atoms with van der Waals surface area (Å²) < 4.78 is 2.20. The molecule has 10 nitrogen and oxygen atoms in total. The van der Waals surface area contributed by atoms with E-state index in [1.165, 1.54) is 4.57 Å². The Labute approximate surface area is 170 Å². The highest BCUT2D eigenvalue weighted by molar-refractivity contribution is 5.94. The number of nitrogens with one attached hydrogen (secondary N) is 2. The van der Waals surface area contributed by atoms with Crippen molar-refractivity contribution < 1.29 is 9.59 Å². The third-order valence-corrected chi connectivity index (χ3v) is 4.93.